The number of Topliss-reactive ketones (excluding diaryl/α,β-unsaturated/α-hetero) is 1. The summed E-state index contributed by atoms with van der Waals surface area (Å²) in [6, 6.07) is 18.3. The lowest BCUT2D eigenvalue weighted by molar-refractivity contribution is -0.128. The number of hydrogen-bond acceptors (Lipinski definition) is 3. The minimum atomic E-state index is -1.34. The van der Waals surface area contributed by atoms with Crippen LogP contribution in [0, 0.1) is 24.2 Å². The second-order valence-corrected chi connectivity index (χ2v) is 5.83. The quantitative estimate of drug-likeness (QED) is 0.703. The first-order chi connectivity index (χ1) is 12.1. The standard InChI is InChI=1S/C20H17N3O2/c1-13-16(15-9-5-6-10-18(15)22-13)11-19(24)17(12-21)20(25)23-14-7-3-2-4-8-14/h2-10,17,22H,11H2,1H3,(H,23,25). The molecule has 1 heterocycles. The maximum atomic E-state index is 12.6. The molecule has 124 valence electrons. The van der Waals surface area contributed by atoms with Crippen molar-refractivity contribution >= 4 is 28.3 Å². The van der Waals surface area contributed by atoms with Crippen LogP contribution in [0.1, 0.15) is 11.3 Å². The molecule has 2 N–H and O–H groups in total. The average molecular weight is 331 g/mol. The van der Waals surface area contributed by atoms with Crippen LogP contribution in [-0.2, 0) is 16.0 Å². The molecule has 1 unspecified atom stereocenters. The van der Waals surface area contributed by atoms with Gasteiger partial charge in [-0.1, -0.05) is 36.4 Å². The lowest BCUT2D eigenvalue weighted by Gasteiger charge is -2.10. The maximum Gasteiger partial charge on any atom is 0.249 e. The molecule has 5 heteroatoms. The van der Waals surface area contributed by atoms with Crippen LogP contribution in [-0.4, -0.2) is 16.7 Å². The van der Waals surface area contributed by atoms with Gasteiger partial charge in [-0.15, -0.1) is 0 Å². The Bertz CT molecular complexity index is 968. The van der Waals surface area contributed by atoms with Gasteiger partial charge in [-0.3, -0.25) is 9.59 Å². The van der Waals surface area contributed by atoms with E-state index in [1.807, 2.05) is 43.3 Å². The van der Waals surface area contributed by atoms with Crippen LogP contribution in [0.4, 0.5) is 5.69 Å². The zero-order valence-electron chi connectivity index (χ0n) is 13.7. The van der Waals surface area contributed by atoms with E-state index in [9.17, 15) is 14.9 Å². The van der Waals surface area contributed by atoms with Gasteiger partial charge in [-0.05, 0) is 30.7 Å². The Hall–Kier alpha value is -3.39. The van der Waals surface area contributed by atoms with Gasteiger partial charge in [-0.25, -0.2) is 0 Å². The first kappa shape index (κ1) is 16.5. The molecule has 2 aromatic carbocycles. The molecule has 25 heavy (non-hydrogen) atoms. The molecular weight excluding hydrogens is 314 g/mol. The highest BCUT2D eigenvalue weighted by Gasteiger charge is 2.27. The van der Waals surface area contributed by atoms with Crippen molar-refractivity contribution in [3.05, 3.63) is 65.9 Å². The number of nitrogens with one attached hydrogen (secondary N) is 2. The number of carbonyl (C=O) groups excluding carboxylic acids is 2. The number of amides is 1. The third-order valence-corrected chi connectivity index (χ3v) is 4.13. The Balaban J connectivity index is 1.79. The van der Waals surface area contributed by atoms with E-state index in [2.05, 4.69) is 10.3 Å². The predicted molar refractivity (Wildman–Crippen MR) is 95.9 cm³/mol. The molecule has 5 nitrogen and oxygen atoms in total. The zero-order valence-corrected chi connectivity index (χ0v) is 13.7. The number of aryl methyl sites for hydroxylation is 1. The van der Waals surface area contributed by atoms with E-state index in [0.717, 1.165) is 22.2 Å². The molecule has 0 radical (unpaired) electrons. The molecule has 1 atom stereocenters. The summed E-state index contributed by atoms with van der Waals surface area (Å²) in [5.41, 5.74) is 3.19. The largest absolute Gasteiger partial charge is 0.358 e. The van der Waals surface area contributed by atoms with E-state index >= 15 is 0 Å². The highest BCUT2D eigenvalue weighted by atomic mass is 16.2. The van der Waals surface area contributed by atoms with Gasteiger partial charge >= 0.3 is 0 Å². The average Bonchev–Trinajstić information content (AvgIpc) is 2.92. The molecule has 1 amide bonds. The molecule has 0 aliphatic carbocycles. The van der Waals surface area contributed by atoms with Gasteiger partial charge in [0.15, 0.2) is 11.7 Å². The summed E-state index contributed by atoms with van der Waals surface area (Å²) < 4.78 is 0. The normalized spacial score (nSPS) is 11.7. The van der Waals surface area contributed by atoms with Crippen molar-refractivity contribution in [3.63, 3.8) is 0 Å². The maximum absolute atomic E-state index is 12.6. The van der Waals surface area contributed by atoms with Crippen molar-refractivity contribution in [2.45, 2.75) is 13.3 Å². The fourth-order valence-corrected chi connectivity index (χ4v) is 2.85. The van der Waals surface area contributed by atoms with Crippen LogP contribution >= 0.6 is 0 Å². The molecule has 0 aliphatic rings. The first-order valence-electron chi connectivity index (χ1n) is 7.94. The molecule has 0 bridgehead atoms. The van der Waals surface area contributed by atoms with Gasteiger partial charge < -0.3 is 10.3 Å². The summed E-state index contributed by atoms with van der Waals surface area (Å²) >= 11 is 0. The van der Waals surface area contributed by atoms with Crippen molar-refractivity contribution in [3.8, 4) is 6.07 Å². The number of rotatable bonds is 5. The molecule has 0 aliphatic heterocycles. The van der Waals surface area contributed by atoms with Crippen molar-refractivity contribution in [2.75, 3.05) is 5.32 Å². The van der Waals surface area contributed by atoms with Gasteiger partial charge in [-0.2, -0.15) is 5.26 Å². The van der Waals surface area contributed by atoms with E-state index in [1.165, 1.54) is 0 Å². The second kappa shape index (κ2) is 7.02. The van der Waals surface area contributed by atoms with Crippen molar-refractivity contribution in [1.82, 2.24) is 4.98 Å². The number of benzene rings is 2. The van der Waals surface area contributed by atoms with E-state index < -0.39 is 17.6 Å². The minimum absolute atomic E-state index is 0.0380. The topological polar surface area (TPSA) is 85.8 Å². The number of nitrogens with zero attached hydrogens (tertiary/aromatic N) is 1. The number of nitriles is 1. The summed E-state index contributed by atoms with van der Waals surface area (Å²) in [5.74, 6) is -2.35. The number of H-pyrrole nitrogens is 1. The predicted octanol–water partition coefficient (Wildman–Crippen LogP) is 3.37. The van der Waals surface area contributed by atoms with Crippen LogP contribution in [0.25, 0.3) is 10.9 Å². The van der Waals surface area contributed by atoms with Gasteiger partial charge in [0.2, 0.25) is 5.91 Å². The smallest absolute Gasteiger partial charge is 0.249 e. The number of fused-ring (bicyclic) bond motifs is 1. The van der Waals surface area contributed by atoms with E-state index in [4.69, 9.17) is 0 Å². The molecule has 0 saturated carbocycles. The van der Waals surface area contributed by atoms with Crippen LogP contribution in [0.2, 0.25) is 0 Å². The molecule has 1 aromatic heterocycles. The summed E-state index contributed by atoms with van der Waals surface area (Å²) in [4.78, 5) is 28.1. The fraction of sp³-hybridized carbons (Fsp3) is 0.150. The Morgan fingerprint density at radius 3 is 2.52 bits per heavy atom. The van der Waals surface area contributed by atoms with Gasteiger partial charge in [0, 0.05) is 28.7 Å². The molecule has 3 aromatic rings. The van der Waals surface area contributed by atoms with E-state index in [1.54, 1.807) is 24.3 Å². The van der Waals surface area contributed by atoms with Gasteiger partial charge in [0.1, 0.15) is 0 Å². The van der Waals surface area contributed by atoms with Gasteiger partial charge in [0.05, 0.1) is 6.07 Å². The molecule has 0 spiro atoms. The minimum Gasteiger partial charge on any atom is -0.358 e. The Kier molecular flexibility index (Phi) is 4.62. The zero-order chi connectivity index (χ0) is 17.8. The van der Waals surface area contributed by atoms with Crippen LogP contribution in [0.15, 0.2) is 54.6 Å². The molecule has 0 saturated heterocycles. The number of anilines is 1. The van der Waals surface area contributed by atoms with Crippen LogP contribution in [0.5, 0.6) is 0 Å². The summed E-state index contributed by atoms with van der Waals surface area (Å²) in [7, 11) is 0. The Morgan fingerprint density at radius 2 is 1.80 bits per heavy atom. The van der Waals surface area contributed by atoms with Crippen molar-refractivity contribution in [2.24, 2.45) is 5.92 Å². The van der Waals surface area contributed by atoms with Crippen LogP contribution in [0.3, 0.4) is 0 Å². The number of aromatic amines is 1. The Labute approximate surface area is 145 Å². The number of carbonyl (C=O) groups is 2. The third-order valence-electron chi connectivity index (χ3n) is 4.13. The highest BCUT2D eigenvalue weighted by Crippen LogP contribution is 2.23. The van der Waals surface area contributed by atoms with E-state index in [0.29, 0.717) is 5.69 Å². The second-order valence-electron chi connectivity index (χ2n) is 5.83. The van der Waals surface area contributed by atoms with Crippen molar-refractivity contribution < 1.29 is 9.59 Å². The summed E-state index contributed by atoms with van der Waals surface area (Å²) in [6.07, 6.45) is 0.0380. The molecule has 0 fully saturated rings. The lowest BCUT2D eigenvalue weighted by atomic mass is 9.96. The molecular formula is C20H17N3O2. The SMILES string of the molecule is Cc1[nH]c2ccccc2c1CC(=O)C(C#N)C(=O)Nc1ccccc1. The summed E-state index contributed by atoms with van der Waals surface area (Å²) in [5, 5.41) is 12.9. The number of aromatic nitrogens is 1. The lowest BCUT2D eigenvalue weighted by Crippen LogP contribution is -2.29. The number of para-hydroxylation sites is 2. The van der Waals surface area contributed by atoms with Gasteiger partial charge in [0.25, 0.3) is 0 Å². The highest BCUT2D eigenvalue weighted by molar-refractivity contribution is 6.10. The number of ketones is 1. The number of hydrogen-bond donors (Lipinski definition) is 2. The third kappa shape index (κ3) is 3.43. The molecule has 3 rings (SSSR count). The fourth-order valence-electron chi connectivity index (χ4n) is 2.85. The van der Waals surface area contributed by atoms with E-state index in [-0.39, 0.29) is 6.42 Å². The van der Waals surface area contributed by atoms with Crippen molar-refractivity contribution in [1.29, 1.82) is 5.26 Å². The monoisotopic (exact) mass is 331 g/mol. The first-order valence-corrected chi connectivity index (χ1v) is 7.94. The Morgan fingerprint density at radius 1 is 1.12 bits per heavy atom. The summed E-state index contributed by atoms with van der Waals surface area (Å²) in [6.45, 7) is 1.88. The van der Waals surface area contributed by atoms with Crippen LogP contribution < -0.4 is 5.32 Å².